The van der Waals surface area contributed by atoms with Crippen LogP contribution in [0, 0.1) is 6.92 Å². The maximum Gasteiger partial charge on any atom is 0.306 e. The fraction of sp³-hybridized carbons (Fsp3) is 0.364. The summed E-state index contributed by atoms with van der Waals surface area (Å²) in [6.45, 7) is 2.09. The van der Waals surface area contributed by atoms with Crippen LogP contribution in [0.3, 0.4) is 0 Å². The Morgan fingerprint density at radius 1 is 1.56 bits per heavy atom. The molecule has 0 fully saturated rings. The Bertz CT molecular complexity index is 381. The number of anilines is 1. The molecule has 88 valence electrons. The van der Waals surface area contributed by atoms with Gasteiger partial charge in [-0.3, -0.25) is 4.79 Å². The van der Waals surface area contributed by atoms with Crippen LogP contribution in [0.25, 0.3) is 0 Å². The highest BCUT2D eigenvalue weighted by Gasteiger charge is 2.09. The Morgan fingerprint density at radius 2 is 2.25 bits per heavy atom. The number of aliphatic hydroxyl groups is 1. The maximum atomic E-state index is 10.3. The molecule has 0 aliphatic carbocycles. The highest BCUT2D eigenvalue weighted by molar-refractivity contribution is 6.33. The second kappa shape index (κ2) is 5.72. The average Bonchev–Trinajstić information content (AvgIpc) is 2.18. The van der Waals surface area contributed by atoms with E-state index in [0.717, 1.165) is 5.56 Å². The van der Waals surface area contributed by atoms with Crippen molar-refractivity contribution in [2.24, 2.45) is 0 Å². The van der Waals surface area contributed by atoms with Crippen LogP contribution in [-0.2, 0) is 4.79 Å². The van der Waals surface area contributed by atoms with E-state index in [1.54, 1.807) is 6.07 Å². The van der Waals surface area contributed by atoms with Gasteiger partial charge in [-0.15, -0.1) is 0 Å². The summed E-state index contributed by atoms with van der Waals surface area (Å²) in [7, 11) is 0. The number of benzene rings is 1. The zero-order valence-corrected chi connectivity index (χ0v) is 9.66. The Morgan fingerprint density at radius 3 is 2.88 bits per heavy atom. The monoisotopic (exact) mass is 243 g/mol. The van der Waals surface area contributed by atoms with Crippen molar-refractivity contribution < 1.29 is 15.0 Å². The molecule has 1 aromatic carbocycles. The van der Waals surface area contributed by atoms with E-state index in [1.807, 2.05) is 19.1 Å². The lowest BCUT2D eigenvalue weighted by molar-refractivity contribution is -0.138. The van der Waals surface area contributed by atoms with Crippen molar-refractivity contribution in [1.29, 1.82) is 0 Å². The second-order valence-corrected chi connectivity index (χ2v) is 4.02. The van der Waals surface area contributed by atoms with E-state index in [-0.39, 0.29) is 13.0 Å². The van der Waals surface area contributed by atoms with Gasteiger partial charge in [-0.1, -0.05) is 17.7 Å². The van der Waals surface area contributed by atoms with Crippen LogP contribution in [0.5, 0.6) is 0 Å². The van der Waals surface area contributed by atoms with Gasteiger partial charge in [-0.05, 0) is 24.6 Å². The Kier molecular flexibility index (Phi) is 4.58. The smallest absolute Gasteiger partial charge is 0.306 e. The number of aliphatic carboxylic acids is 1. The van der Waals surface area contributed by atoms with Gasteiger partial charge in [0.2, 0.25) is 0 Å². The molecule has 1 rings (SSSR count). The molecule has 1 unspecified atom stereocenters. The number of rotatable bonds is 5. The largest absolute Gasteiger partial charge is 0.481 e. The van der Waals surface area contributed by atoms with E-state index in [0.29, 0.717) is 10.7 Å². The Balaban J connectivity index is 2.54. The molecule has 0 heterocycles. The lowest BCUT2D eigenvalue weighted by Crippen LogP contribution is -2.22. The summed E-state index contributed by atoms with van der Waals surface area (Å²) < 4.78 is 0. The fourth-order valence-electron chi connectivity index (χ4n) is 1.28. The van der Waals surface area contributed by atoms with E-state index >= 15 is 0 Å². The SMILES string of the molecule is Cc1ccc(Cl)c(NCC(O)CC(=O)O)c1. The van der Waals surface area contributed by atoms with Gasteiger partial charge in [0.25, 0.3) is 0 Å². The lowest BCUT2D eigenvalue weighted by Gasteiger charge is -2.12. The predicted octanol–water partition coefficient (Wildman–Crippen LogP) is 1.90. The molecule has 0 radical (unpaired) electrons. The highest BCUT2D eigenvalue weighted by atomic mass is 35.5. The van der Waals surface area contributed by atoms with Gasteiger partial charge >= 0.3 is 5.97 Å². The van der Waals surface area contributed by atoms with Crippen LogP contribution in [0.15, 0.2) is 18.2 Å². The minimum absolute atomic E-state index is 0.162. The van der Waals surface area contributed by atoms with Gasteiger partial charge in [-0.2, -0.15) is 0 Å². The Labute approximate surface area is 98.9 Å². The first kappa shape index (κ1) is 12.8. The number of halogens is 1. The van der Waals surface area contributed by atoms with Crippen molar-refractivity contribution in [1.82, 2.24) is 0 Å². The lowest BCUT2D eigenvalue weighted by atomic mass is 10.2. The molecule has 0 saturated heterocycles. The molecule has 0 aromatic heterocycles. The summed E-state index contributed by atoms with van der Waals surface area (Å²) in [5.41, 5.74) is 1.74. The normalized spacial score (nSPS) is 12.2. The number of carboxylic acid groups (broad SMARTS) is 1. The third-order valence-corrected chi connectivity index (χ3v) is 2.39. The molecular formula is C11H14ClNO3. The molecule has 16 heavy (non-hydrogen) atoms. The van der Waals surface area contributed by atoms with Gasteiger partial charge in [0, 0.05) is 6.54 Å². The molecule has 0 spiro atoms. The molecule has 0 aliphatic heterocycles. The number of aliphatic hydroxyl groups excluding tert-OH is 1. The van der Waals surface area contributed by atoms with Gasteiger partial charge in [0.15, 0.2) is 0 Å². The topological polar surface area (TPSA) is 69.6 Å². The van der Waals surface area contributed by atoms with Crippen LogP contribution < -0.4 is 5.32 Å². The molecule has 0 amide bonds. The van der Waals surface area contributed by atoms with Gasteiger partial charge in [-0.25, -0.2) is 0 Å². The van der Waals surface area contributed by atoms with E-state index < -0.39 is 12.1 Å². The summed E-state index contributed by atoms with van der Waals surface area (Å²) in [5, 5.41) is 21.3. The summed E-state index contributed by atoms with van der Waals surface area (Å²) in [4.78, 5) is 10.3. The molecule has 1 aromatic rings. The number of carboxylic acids is 1. The van der Waals surface area contributed by atoms with Crippen LogP contribution in [0.2, 0.25) is 5.02 Å². The van der Waals surface area contributed by atoms with Crippen LogP contribution >= 0.6 is 11.6 Å². The van der Waals surface area contributed by atoms with Crippen molar-refractivity contribution in [2.45, 2.75) is 19.4 Å². The van der Waals surface area contributed by atoms with Crippen LogP contribution in [0.4, 0.5) is 5.69 Å². The molecule has 0 aliphatic rings. The number of aryl methyl sites for hydroxylation is 1. The van der Waals surface area contributed by atoms with Crippen molar-refractivity contribution in [3.05, 3.63) is 28.8 Å². The number of carbonyl (C=O) groups is 1. The standard InChI is InChI=1S/C11H14ClNO3/c1-7-2-3-9(12)10(4-7)13-6-8(14)5-11(15)16/h2-4,8,13-14H,5-6H2,1H3,(H,15,16). The summed E-state index contributed by atoms with van der Waals surface area (Å²) in [6, 6.07) is 5.47. The van der Waals surface area contributed by atoms with Gasteiger partial charge in [0.05, 0.1) is 23.2 Å². The average molecular weight is 244 g/mol. The number of hydrogen-bond acceptors (Lipinski definition) is 3. The second-order valence-electron chi connectivity index (χ2n) is 3.62. The molecule has 5 heteroatoms. The molecule has 4 nitrogen and oxygen atoms in total. The van der Waals surface area contributed by atoms with Gasteiger partial charge in [0.1, 0.15) is 0 Å². The van der Waals surface area contributed by atoms with Crippen molar-refractivity contribution in [3.63, 3.8) is 0 Å². The first-order valence-corrected chi connectivity index (χ1v) is 5.26. The van der Waals surface area contributed by atoms with Crippen molar-refractivity contribution in [3.8, 4) is 0 Å². The van der Waals surface area contributed by atoms with E-state index in [9.17, 15) is 9.90 Å². The zero-order valence-electron chi connectivity index (χ0n) is 8.90. The van der Waals surface area contributed by atoms with E-state index in [2.05, 4.69) is 5.32 Å². The first-order valence-electron chi connectivity index (χ1n) is 4.89. The van der Waals surface area contributed by atoms with E-state index in [4.69, 9.17) is 16.7 Å². The van der Waals surface area contributed by atoms with Crippen molar-refractivity contribution >= 4 is 23.3 Å². The third kappa shape index (κ3) is 4.08. The van der Waals surface area contributed by atoms with Crippen LogP contribution in [-0.4, -0.2) is 28.8 Å². The maximum absolute atomic E-state index is 10.3. The number of nitrogens with one attached hydrogen (secondary N) is 1. The third-order valence-electron chi connectivity index (χ3n) is 2.06. The van der Waals surface area contributed by atoms with Gasteiger partial charge < -0.3 is 15.5 Å². The molecule has 0 saturated carbocycles. The van der Waals surface area contributed by atoms with E-state index in [1.165, 1.54) is 0 Å². The predicted molar refractivity (Wildman–Crippen MR) is 62.9 cm³/mol. The summed E-state index contributed by atoms with van der Waals surface area (Å²) >= 11 is 5.92. The summed E-state index contributed by atoms with van der Waals surface area (Å²) in [6.07, 6.45) is -1.20. The first-order chi connectivity index (χ1) is 7.49. The zero-order chi connectivity index (χ0) is 12.1. The fourth-order valence-corrected chi connectivity index (χ4v) is 1.46. The quantitative estimate of drug-likeness (QED) is 0.739. The minimum atomic E-state index is -1.02. The van der Waals surface area contributed by atoms with Crippen molar-refractivity contribution in [2.75, 3.05) is 11.9 Å². The summed E-state index contributed by atoms with van der Waals surface area (Å²) in [5.74, 6) is -1.02. The molecule has 1 atom stereocenters. The highest BCUT2D eigenvalue weighted by Crippen LogP contribution is 2.22. The molecule has 3 N–H and O–H groups in total. The molecular weight excluding hydrogens is 230 g/mol. The number of hydrogen-bond donors (Lipinski definition) is 3. The molecule has 0 bridgehead atoms. The Hall–Kier alpha value is -1.26. The van der Waals surface area contributed by atoms with Crippen LogP contribution in [0.1, 0.15) is 12.0 Å². The minimum Gasteiger partial charge on any atom is -0.481 e.